The van der Waals surface area contributed by atoms with Crippen LogP contribution in [0.15, 0.2) is 22.4 Å². The van der Waals surface area contributed by atoms with Gasteiger partial charge in [-0.25, -0.2) is 8.42 Å². The van der Waals surface area contributed by atoms with Gasteiger partial charge in [0.2, 0.25) is 5.91 Å². The van der Waals surface area contributed by atoms with Crippen LogP contribution in [-0.4, -0.2) is 65.0 Å². The zero-order valence-electron chi connectivity index (χ0n) is 15.5. The second-order valence-corrected chi connectivity index (χ2v) is 11.6. The van der Waals surface area contributed by atoms with Crippen LogP contribution in [0.3, 0.4) is 0 Å². The fourth-order valence-electron chi connectivity index (χ4n) is 3.39. The number of carbonyl (C=O) groups is 2. The standard InChI is InChI=1S/C18H22N2O4S4/c1-2-19(13-7-10-28(23,24)12-13)16(21)6-3-8-20-17(22)15(27-18(20)25)11-14-5-4-9-26-14/h4-5,9,11,13H,2-3,6-8,10,12H2,1H3/b15-11+. The van der Waals surface area contributed by atoms with Gasteiger partial charge in [0.15, 0.2) is 9.84 Å². The molecule has 0 aromatic carbocycles. The lowest BCUT2D eigenvalue weighted by atomic mass is 10.2. The van der Waals surface area contributed by atoms with Crippen LogP contribution < -0.4 is 0 Å². The second kappa shape index (κ2) is 9.06. The molecule has 3 rings (SSSR count). The summed E-state index contributed by atoms with van der Waals surface area (Å²) in [6, 6.07) is 3.64. The van der Waals surface area contributed by atoms with Crippen molar-refractivity contribution in [3.05, 3.63) is 27.3 Å². The van der Waals surface area contributed by atoms with E-state index in [0.29, 0.717) is 35.2 Å². The van der Waals surface area contributed by atoms with Gasteiger partial charge in [0.1, 0.15) is 4.32 Å². The first-order chi connectivity index (χ1) is 13.3. The van der Waals surface area contributed by atoms with Crippen molar-refractivity contribution < 1.29 is 18.0 Å². The van der Waals surface area contributed by atoms with Gasteiger partial charge in [-0.3, -0.25) is 14.5 Å². The SMILES string of the molecule is CCN(C(=O)CCCN1C(=O)/C(=C\c2cccs2)SC1=S)C1CCS(=O)(=O)C1. The van der Waals surface area contributed by atoms with Crippen LogP contribution in [0, 0.1) is 0 Å². The topological polar surface area (TPSA) is 74.8 Å². The number of nitrogens with zero attached hydrogens (tertiary/aromatic N) is 2. The molecule has 2 aliphatic rings. The zero-order valence-corrected chi connectivity index (χ0v) is 18.8. The van der Waals surface area contributed by atoms with Gasteiger partial charge in [-0.05, 0) is 37.3 Å². The van der Waals surface area contributed by atoms with Crippen LogP contribution in [0.1, 0.15) is 31.1 Å². The Hall–Kier alpha value is -1.23. The van der Waals surface area contributed by atoms with Crippen molar-refractivity contribution >= 4 is 67.4 Å². The third-order valence-electron chi connectivity index (χ3n) is 4.77. The van der Waals surface area contributed by atoms with Crippen molar-refractivity contribution in [2.75, 3.05) is 24.6 Å². The minimum Gasteiger partial charge on any atom is -0.339 e. The molecule has 152 valence electrons. The summed E-state index contributed by atoms with van der Waals surface area (Å²) in [5.74, 6) is 0.0119. The first-order valence-corrected chi connectivity index (χ1v) is 13.0. The highest BCUT2D eigenvalue weighted by molar-refractivity contribution is 8.26. The van der Waals surface area contributed by atoms with E-state index >= 15 is 0 Å². The van der Waals surface area contributed by atoms with E-state index in [-0.39, 0.29) is 35.8 Å². The first-order valence-electron chi connectivity index (χ1n) is 9.09. The van der Waals surface area contributed by atoms with E-state index in [2.05, 4.69) is 0 Å². The highest BCUT2D eigenvalue weighted by atomic mass is 32.2. The number of carbonyl (C=O) groups excluding carboxylic acids is 2. The Bertz CT molecular complexity index is 893. The van der Waals surface area contributed by atoms with E-state index in [0.717, 1.165) is 4.88 Å². The van der Waals surface area contributed by atoms with Crippen molar-refractivity contribution in [3.63, 3.8) is 0 Å². The maximum absolute atomic E-state index is 12.6. The minimum absolute atomic E-state index is 0.0504. The number of hydrogen-bond donors (Lipinski definition) is 0. The molecule has 1 aromatic heterocycles. The molecule has 2 aliphatic heterocycles. The van der Waals surface area contributed by atoms with E-state index in [1.807, 2.05) is 30.5 Å². The summed E-state index contributed by atoms with van der Waals surface area (Å²) in [4.78, 5) is 30.0. The van der Waals surface area contributed by atoms with Gasteiger partial charge in [0.05, 0.1) is 16.4 Å². The van der Waals surface area contributed by atoms with Crippen molar-refractivity contribution in [3.8, 4) is 0 Å². The predicted molar refractivity (Wildman–Crippen MR) is 118 cm³/mol. The lowest BCUT2D eigenvalue weighted by molar-refractivity contribution is -0.133. The Kier molecular flexibility index (Phi) is 6.95. The van der Waals surface area contributed by atoms with E-state index in [4.69, 9.17) is 12.2 Å². The van der Waals surface area contributed by atoms with Gasteiger partial charge in [-0.2, -0.15) is 0 Å². The Morgan fingerprint density at radius 1 is 1.46 bits per heavy atom. The Labute approximate surface area is 178 Å². The Morgan fingerprint density at radius 2 is 2.25 bits per heavy atom. The van der Waals surface area contributed by atoms with Crippen LogP contribution >= 0.6 is 35.3 Å². The lowest BCUT2D eigenvalue weighted by Gasteiger charge is -2.27. The molecule has 2 amide bonds. The molecule has 0 saturated carbocycles. The summed E-state index contributed by atoms with van der Waals surface area (Å²) in [6.07, 6.45) is 3.11. The molecule has 28 heavy (non-hydrogen) atoms. The molecule has 2 saturated heterocycles. The molecule has 0 N–H and O–H groups in total. The molecule has 0 radical (unpaired) electrons. The molecule has 0 spiro atoms. The summed E-state index contributed by atoms with van der Waals surface area (Å²) in [5, 5.41) is 1.95. The fourth-order valence-corrected chi connectivity index (χ4v) is 7.15. The summed E-state index contributed by atoms with van der Waals surface area (Å²) in [7, 11) is -3.03. The third kappa shape index (κ3) is 5.03. The molecule has 1 atom stereocenters. The van der Waals surface area contributed by atoms with Gasteiger partial charge in [0, 0.05) is 30.4 Å². The van der Waals surface area contributed by atoms with Gasteiger partial charge < -0.3 is 4.90 Å². The normalized spacial score (nSPS) is 23.0. The van der Waals surface area contributed by atoms with Gasteiger partial charge in [-0.1, -0.05) is 30.0 Å². The molecular formula is C18H22N2O4S4. The lowest BCUT2D eigenvalue weighted by Crippen LogP contribution is -2.41. The van der Waals surface area contributed by atoms with Crippen molar-refractivity contribution in [1.82, 2.24) is 9.80 Å². The molecule has 1 aromatic rings. The van der Waals surface area contributed by atoms with Gasteiger partial charge >= 0.3 is 0 Å². The van der Waals surface area contributed by atoms with E-state index in [9.17, 15) is 18.0 Å². The monoisotopic (exact) mass is 458 g/mol. The van der Waals surface area contributed by atoms with Crippen LogP contribution in [-0.2, 0) is 19.4 Å². The number of thiocarbonyl (C=S) groups is 1. The molecule has 0 aliphatic carbocycles. The molecular weight excluding hydrogens is 436 g/mol. The maximum atomic E-state index is 12.6. The maximum Gasteiger partial charge on any atom is 0.266 e. The minimum atomic E-state index is -3.03. The molecule has 2 fully saturated rings. The highest BCUT2D eigenvalue weighted by Crippen LogP contribution is 2.33. The highest BCUT2D eigenvalue weighted by Gasteiger charge is 2.34. The molecule has 10 heteroatoms. The van der Waals surface area contributed by atoms with E-state index < -0.39 is 9.84 Å². The molecule has 6 nitrogen and oxygen atoms in total. The average Bonchev–Trinajstić information content (AvgIpc) is 3.33. The molecule has 1 unspecified atom stereocenters. The van der Waals surface area contributed by atoms with Gasteiger partial charge in [-0.15, -0.1) is 11.3 Å². The smallest absolute Gasteiger partial charge is 0.266 e. The number of thioether (sulfide) groups is 1. The molecule has 0 bridgehead atoms. The average molecular weight is 459 g/mol. The van der Waals surface area contributed by atoms with Crippen molar-refractivity contribution in [1.29, 1.82) is 0 Å². The number of amides is 2. The van der Waals surface area contributed by atoms with Crippen LogP contribution in [0.25, 0.3) is 6.08 Å². The van der Waals surface area contributed by atoms with E-state index in [1.54, 1.807) is 21.1 Å². The summed E-state index contributed by atoms with van der Waals surface area (Å²) in [5.41, 5.74) is 0. The predicted octanol–water partition coefficient (Wildman–Crippen LogP) is 2.77. The largest absolute Gasteiger partial charge is 0.339 e. The summed E-state index contributed by atoms with van der Waals surface area (Å²) < 4.78 is 23.9. The number of sulfone groups is 1. The third-order valence-corrected chi connectivity index (χ3v) is 8.72. The van der Waals surface area contributed by atoms with Crippen molar-refractivity contribution in [2.45, 2.75) is 32.2 Å². The zero-order chi connectivity index (χ0) is 20.3. The van der Waals surface area contributed by atoms with Gasteiger partial charge in [0.25, 0.3) is 5.91 Å². The summed E-state index contributed by atoms with van der Waals surface area (Å²) >= 11 is 8.17. The first kappa shape index (κ1) is 21.5. The Morgan fingerprint density at radius 3 is 2.86 bits per heavy atom. The fraction of sp³-hybridized carbons (Fsp3) is 0.500. The van der Waals surface area contributed by atoms with E-state index in [1.165, 1.54) is 11.8 Å². The molecule has 3 heterocycles. The Balaban J connectivity index is 1.53. The van der Waals surface area contributed by atoms with Crippen LogP contribution in [0.4, 0.5) is 0 Å². The number of thiophene rings is 1. The number of rotatable bonds is 7. The second-order valence-electron chi connectivity index (χ2n) is 6.69. The summed E-state index contributed by atoms with van der Waals surface area (Å²) in [6.45, 7) is 2.74. The van der Waals surface area contributed by atoms with Crippen molar-refractivity contribution in [2.24, 2.45) is 0 Å². The van der Waals surface area contributed by atoms with Crippen LogP contribution in [0.2, 0.25) is 0 Å². The van der Waals surface area contributed by atoms with Crippen LogP contribution in [0.5, 0.6) is 0 Å². The number of hydrogen-bond acceptors (Lipinski definition) is 7. The quantitative estimate of drug-likeness (QED) is 0.462.